The summed E-state index contributed by atoms with van der Waals surface area (Å²) in [6.45, 7) is 3.10. The van der Waals surface area contributed by atoms with Gasteiger partial charge in [-0.2, -0.15) is 0 Å². The average molecular weight is 313 g/mol. The first kappa shape index (κ1) is 16.5. The molecule has 0 aliphatic rings. The predicted molar refractivity (Wildman–Crippen MR) is 87.2 cm³/mol. The Morgan fingerprint density at radius 3 is 2.04 bits per heavy atom. The molecule has 5 nitrogen and oxygen atoms in total. The van der Waals surface area contributed by atoms with Gasteiger partial charge in [0.15, 0.2) is 12.2 Å². The van der Waals surface area contributed by atoms with Gasteiger partial charge in [-0.15, -0.1) is 0 Å². The quantitative estimate of drug-likeness (QED) is 0.833. The lowest BCUT2D eigenvalue weighted by molar-refractivity contribution is -0.159. The van der Waals surface area contributed by atoms with Crippen LogP contribution in [-0.4, -0.2) is 24.1 Å². The first-order chi connectivity index (χ1) is 11.1. The highest BCUT2D eigenvalue weighted by Crippen LogP contribution is 2.12. The van der Waals surface area contributed by atoms with Crippen LogP contribution in [0.15, 0.2) is 60.7 Å². The van der Waals surface area contributed by atoms with Crippen LogP contribution in [0.4, 0.5) is 5.69 Å². The lowest BCUT2D eigenvalue weighted by atomic mass is 10.3. The first-order valence-electron chi connectivity index (χ1n) is 7.34. The standard InChI is InChI=1S/C18H19NO4/c1-13(17(20)19-15-9-5-3-6-10-15)23-18(21)14(2)22-16-11-7-4-8-12-16/h3-14H,1-2H3,(H,19,20)/t13-,14-/m1/s1. The number of para-hydroxylation sites is 2. The fourth-order valence-corrected chi connectivity index (χ4v) is 1.84. The molecule has 0 aliphatic heterocycles. The first-order valence-corrected chi connectivity index (χ1v) is 7.34. The van der Waals surface area contributed by atoms with Crippen LogP contribution in [0.1, 0.15) is 13.8 Å². The number of anilines is 1. The normalized spacial score (nSPS) is 12.8. The van der Waals surface area contributed by atoms with E-state index < -0.39 is 24.1 Å². The monoisotopic (exact) mass is 313 g/mol. The number of benzene rings is 2. The smallest absolute Gasteiger partial charge is 0.347 e. The molecule has 2 aromatic rings. The molecule has 0 heterocycles. The van der Waals surface area contributed by atoms with Crippen molar-refractivity contribution in [1.82, 2.24) is 0 Å². The molecule has 0 bridgehead atoms. The zero-order chi connectivity index (χ0) is 16.7. The number of carbonyl (C=O) groups excluding carboxylic acids is 2. The van der Waals surface area contributed by atoms with Crippen LogP contribution in [0.2, 0.25) is 0 Å². The van der Waals surface area contributed by atoms with Crippen molar-refractivity contribution >= 4 is 17.6 Å². The van der Waals surface area contributed by atoms with Gasteiger partial charge in [-0.25, -0.2) is 4.79 Å². The van der Waals surface area contributed by atoms with E-state index in [0.717, 1.165) is 0 Å². The van der Waals surface area contributed by atoms with Crippen LogP contribution in [0.25, 0.3) is 0 Å². The van der Waals surface area contributed by atoms with Crippen LogP contribution >= 0.6 is 0 Å². The number of amides is 1. The van der Waals surface area contributed by atoms with Gasteiger partial charge in [0.1, 0.15) is 5.75 Å². The summed E-state index contributed by atoms with van der Waals surface area (Å²) in [7, 11) is 0. The highest BCUT2D eigenvalue weighted by atomic mass is 16.6. The van der Waals surface area contributed by atoms with E-state index >= 15 is 0 Å². The maximum Gasteiger partial charge on any atom is 0.347 e. The van der Waals surface area contributed by atoms with E-state index in [4.69, 9.17) is 9.47 Å². The van der Waals surface area contributed by atoms with Crippen molar-refractivity contribution in [3.63, 3.8) is 0 Å². The Balaban J connectivity index is 1.85. The molecule has 120 valence electrons. The minimum Gasteiger partial charge on any atom is -0.479 e. The molecular weight excluding hydrogens is 294 g/mol. The molecule has 2 rings (SSSR count). The molecule has 1 amide bonds. The minimum atomic E-state index is -0.912. The highest BCUT2D eigenvalue weighted by molar-refractivity contribution is 5.95. The van der Waals surface area contributed by atoms with Crippen molar-refractivity contribution < 1.29 is 19.1 Å². The summed E-state index contributed by atoms with van der Waals surface area (Å²) < 4.78 is 10.6. The highest BCUT2D eigenvalue weighted by Gasteiger charge is 2.23. The molecule has 0 aromatic heterocycles. The van der Waals surface area contributed by atoms with E-state index in [9.17, 15) is 9.59 Å². The van der Waals surface area contributed by atoms with Crippen LogP contribution in [0, 0.1) is 0 Å². The number of hydrogen-bond acceptors (Lipinski definition) is 4. The Morgan fingerprint density at radius 2 is 1.43 bits per heavy atom. The number of esters is 1. The van der Waals surface area contributed by atoms with E-state index in [2.05, 4.69) is 5.32 Å². The SMILES string of the molecule is C[C@@H](OC(=O)[C@@H](C)Oc1ccccc1)C(=O)Nc1ccccc1. The molecule has 5 heteroatoms. The van der Waals surface area contributed by atoms with Crippen molar-refractivity contribution in [2.24, 2.45) is 0 Å². The fourth-order valence-electron chi connectivity index (χ4n) is 1.84. The maximum atomic E-state index is 12.0. The number of hydrogen-bond donors (Lipinski definition) is 1. The van der Waals surface area contributed by atoms with Gasteiger partial charge in [0, 0.05) is 5.69 Å². The molecule has 2 aromatic carbocycles. The molecule has 0 radical (unpaired) electrons. The van der Waals surface area contributed by atoms with Gasteiger partial charge in [-0.3, -0.25) is 4.79 Å². The second-order valence-electron chi connectivity index (χ2n) is 5.01. The lowest BCUT2D eigenvalue weighted by Gasteiger charge is -2.17. The third-order valence-corrected chi connectivity index (χ3v) is 3.09. The van der Waals surface area contributed by atoms with Crippen LogP contribution < -0.4 is 10.1 Å². The lowest BCUT2D eigenvalue weighted by Crippen LogP contribution is -2.35. The van der Waals surface area contributed by atoms with Crippen molar-refractivity contribution in [2.75, 3.05) is 5.32 Å². The van der Waals surface area contributed by atoms with E-state index in [0.29, 0.717) is 11.4 Å². The van der Waals surface area contributed by atoms with Gasteiger partial charge in [-0.1, -0.05) is 36.4 Å². The van der Waals surface area contributed by atoms with Gasteiger partial charge in [0.25, 0.3) is 5.91 Å². The van der Waals surface area contributed by atoms with E-state index in [-0.39, 0.29) is 0 Å². The molecule has 0 saturated heterocycles. The third-order valence-electron chi connectivity index (χ3n) is 3.09. The number of carbonyl (C=O) groups is 2. The maximum absolute atomic E-state index is 12.0. The van der Waals surface area contributed by atoms with Gasteiger partial charge < -0.3 is 14.8 Å². The van der Waals surface area contributed by atoms with Crippen LogP contribution in [0.5, 0.6) is 5.75 Å². The van der Waals surface area contributed by atoms with E-state index in [1.54, 1.807) is 31.2 Å². The Hall–Kier alpha value is -2.82. The van der Waals surface area contributed by atoms with Crippen molar-refractivity contribution in [3.8, 4) is 5.75 Å². The van der Waals surface area contributed by atoms with Gasteiger partial charge in [0.2, 0.25) is 0 Å². The summed E-state index contributed by atoms with van der Waals surface area (Å²) in [6, 6.07) is 17.9. The van der Waals surface area contributed by atoms with Crippen LogP contribution in [0.3, 0.4) is 0 Å². The molecule has 0 spiro atoms. The molecule has 23 heavy (non-hydrogen) atoms. The zero-order valence-corrected chi connectivity index (χ0v) is 13.1. The number of ether oxygens (including phenoxy) is 2. The Morgan fingerprint density at radius 1 is 0.870 bits per heavy atom. The third kappa shape index (κ3) is 5.14. The largest absolute Gasteiger partial charge is 0.479 e. The molecule has 2 atom stereocenters. The summed E-state index contributed by atoms with van der Waals surface area (Å²) in [5.41, 5.74) is 0.647. The fraction of sp³-hybridized carbons (Fsp3) is 0.222. The summed E-state index contributed by atoms with van der Waals surface area (Å²) in [4.78, 5) is 24.0. The van der Waals surface area contributed by atoms with Crippen molar-refractivity contribution in [2.45, 2.75) is 26.1 Å². The summed E-state index contributed by atoms with van der Waals surface area (Å²) in [5, 5.41) is 2.68. The topological polar surface area (TPSA) is 64.6 Å². The molecule has 0 saturated carbocycles. The summed E-state index contributed by atoms with van der Waals surface area (Å²) >= 11 is 0. The van der Waals surface area contributed by atoms with E-state index in [1.165, 1.54) is 6.92 Å². The molecule has 0 aliphatic carbocycles. The zero-order valence-electron chi connectivity index (χ0n) is 13.1. The minimum absolute atomic E-state index is 0.392. The second-order valence-corrected chi connectivity index (χ2v) is 5.01. The molecule has 1 N–H and O–H groups in total. The number of rotatable bonds is 6. The van der Waals surface area contributed by atoms with E-state index in [1.807, 2.05) is 36.4 Å². The van der Waals surface area contributed by atoms with Gasteiger partial charge >= 0.3 is 5.97 Å². The summed E-state index contributed by atoms with van der Waals surface area (Å²) in [6.07, 6.45) is -1.71. The molecule has 0 unspecified atom stereocenters. The van der Waals surface area contributed by atoms with Gasteiger partial charge in [0.05, 0.1) is 0 Å². The molecular formula is C18H19NO4. The Bertz CT molecular complexity index is 643. The predicted octanol–water partition coefficient (Wildman–Crippen LogP) is 3.02. The summed E-state index contributed by atoms with van der Waals surface area (Å²) in [5.74, 6) is -0.417. The van der Waals surface area contributed by atoms with Gasteiger partial charge in [-0.05, 0) is 38.1 Å². The number of nitrogens with one attached hydrogen (secondary N) is 1. The Kier molecular flexibility index (Phi) is 5.74. The average Bonchev–Trinajstić information content (AvgIpc) is 2.56. The second kappa shape index (κ2) is 7.98. The van der Waals surface area contributed by atoms with Crippen LogP contribution in [-0.2, 0) is 14.3 Å². The van der Waals surface area contributed by atoms with Crippen molar-refractivity contribution in [1.29, 1.82) is 0 Å². The van der Waals surface area contributed by atoms with Crippen molar-refractivity contribution in [3.05, 3.63) is 60.7 Å². The Labute approximate surface area is 135 Å². The molecule has 0 fully saturated rings.